The van der Waals surface area contributed by atoms with E-state index in [1.54, 1.807) is 5.57 Å². The van der Waals surface area contributed by atoms with Crippen molar-refractivity contribution in [2.24, 2.45) is 11.8 Å². The van der Waals surface area contributed by atoms with Crippen molar-refractivity contribution in [2.45, 2.75) is 45.4 Å². The van der Waals surface area contributed by atoms with Crippen LogP contribution in [0.4, 0.5) is 0 Å². The first-order chi connectivity index (χ1) is 20.5. The number of fused-ring (bicyclic) bond motifs is 3. The van der Waals surface area contributed by atoms with Gasteiger partial charge in [0.2, 0.25) is 0 Å². The molecule has 0 bridgehead atoms. The summed E-state index contributed by atoms with van der Waals surface area (Å²) in [6.07, 6.45) is 6.35. The number of hydrogen-bond donors (Lipinski definition) is 0. The molecule has 2 aliphatic rings. The second-order valence-electron chi connectivity index (χ2n) is 12.4. The van der Waals surface area contributed by atoms with Crippen molar-refractivity contribution in [1.82, 2.24) is 0 Å². The van der Waals surface area contributed by atoms with Gasteiger partial charge in [0.1, 0.15) is 0 Å². The molecule has 1 heteroatoms. The molecule has 0 aromatic heterocycles. The van der Waals surface area contributed by atoms with Crippen molar-refractivity contribution in [3.05, 3.63) is 143 Å². The van der Waals surface area contributed by atoms with Crippen molar-refractivity contribution in [1.29, 1.82) is 0 Å². The third-order valence-corrected chi connectivity index (χ3v) is 10.1. The minimum atomic E-state index is -0.0875. The first kappa shape index (κ1) is 27.0. The van der Waals surface area contributed by atoms with E-state index >= 15 is 0 Å². The molecule has 0 fully saturated rings. The van der Waals surface area contributed by atoms with Gasteiger partial charge in [0.25, 0.3) is 0 Å². The second kappa shape index (κ2) is 10.8. The standard InChI is InChI=1S/C41H37Cl/c1-4-28-24-27(2)25-34(26-28)41(3)38-10-6-5-8-37(38)40-36(9-7-11-39(40)41)33-18-16-31(17-19-33)29-12-14-30(15-13-29)32-20-22-35(42)23-21-32/h5-23,25,27-28H,4,24,26H2,1-3H3. The lowest BCUT2D eigenvalue weighted by atomic mass is 9.66. The molecule has 0 saturated heterocycles. The van der Waals surface area contributed by atoms with E-state index in [0.29, 0.717) is 5.92 Å². The summed E-state index contributed by atoms with van der Waals surface area (Å²) in [6, 6.07) is 42.1. The Hall–Kier alpha value is -3.87. The van der Waals surface area contributed by atoms with E-state index in [9.17, 15) is 0 Å². The third-order valence-electron chi connectivity index (χ3n) is 9.85. The smallest absolute Gasteiger partial charge is 0.0406 e. The van der Waals surface area contributed by atoms with Gasteiger partial charge in [-0.05, 0) is 99.4 Å². The quantitative estimate of drug-likeness (QED) is 0.186. The van der Waals surface area contributed by atoms with Gasteiger partial charge in [0, 0.05) is 10.4 Å². The highest BCUT2D eigenvalue weighted by Crippen LogP contribution is 2.57. The lowest BCUT2D eigenvalue weighted by Gasteiger charge is -2.37. The predicted octanol–water partition coefficient (Wildman–Crippen LogP) is 12.0. The Labute approximate surface area is 255 Å². The number of halogens is 1. The van der Waals surface area contributed by atoms with Crippen molar-refractivity contribution in [3.8, 4) is 44.5 Å². The third kappa shape index (κ3) is 4.54. The van der Waals surface area contributed by atoms with Gasteiger partial charge in [-0.3, -0.25) is 0 Å². The zero-order chi connectivity index (χ0) is 28.8. The summed E-state index contributed by atoms with van der Waals surface area (Å²) in [7, 11) is 0. The Morgan fingerprint density at radius 3 is 1.79 bits per heavy atom. The molecule has 0 amide bonds. The summed E-state index contributed by atoms with van der Waals surface area (Å²) in [5.74, 6) is 1.40. The van der Waals surface area contributed by atoms with Crippen LogP contribution < -0.4 is 0 Å². The first-order valence-electron chi connectivity index (χ1n) is 15.4. The van der Waals surface area contributed by atoms with Crippen LogP contribution in [0.1, 0.15) is 51.2 Å². The molecule has 0 spiro atoms. The van der Waals surface area contributed by atoms with Crippen LogP contribution in [0.5, 0.6) is 0 Å². The monoisotopic (exact) mass is 564 g/mol. The minimum absolute atomic E-state index is 0.0875. The molecule has 0 saturated carbocycles. The molecule has 0 N–H and O–H groups in total. The Bertz CT molecular complexity index is 1770. The highest BCUT2D eigenvalue weighted by molar-refractivity contribution is 6.30. The number of benzene rings is 5. The van der Waals surface area contributed by atoms with Crippen LogP contribution in [0.2, 0.25) is 5.02 Å². The van der Waals surface area contributed by atoms with Gasteiger partial charge in [-0.25, -0.2) is 0 Å². The van der Waals surface area contributed by atoms with E-state index in [0.717, 1.165) is 10.9 Å². The van der Waals surface area contributed by atoms with E-state index in [2.05, 4.69) is 130 Å². The highest BCUT2D eigenvalue weighted by Gasteiger charge is 2.44. The van der Waals surface area contributed by atoms with Crippen molar-refractivity contribution in [3.63, 3.8) is 0 Å². The van der Waals surface area contributed by atoms with Crippen molar-refractivity contribution >= 4 is 11.6 Å². The molecular weight excluding hydrogens is 528 g/mol. The number of allylic oxidation sites excluding steroid dienone is 2. The lowest BCUT2D eigenvalue weighted by molar-refractivity contribution is 0.373. The van der Waals surface area contributed by atoms with Crippen LogP contribution in [-0.4, -0.2) is 0 Å². The molecule has 0 nitrogen and oxygen atoms in total. The first-order valence-corrected chi connectivity index (χ1v) is 15.7. The van der Waals surface area contributed by atoms with Gasteiger partial charge in [0.15, 0.2) is 0 Å². The fraction of sp³-hybridized carbons (Fsp3) is 0.220. The molecule has 42 heavy (non-hydrogen) atoms. The van der Waals surface area contributed by atoms with Gasteiger partial charge in [-0.15, -0.1) is 0 Å². The SMILES string of the molecule is CCC1CC(C2(C)c3ccccc3-c3c(-c4ccc(-c5ccc(-c6ccc(Cl)cc6)cc5)cc4)cccc32)=CC(C)C1. The number of rotatable bonds is 5. The lowest BCUT2D eigenvalue weighted by Crippen LogP contribution is -2.28. The molecule has 2 aliphatic carbocycles. The van der Waals surface area contributed by atoms with Crippen LogP contribution in [0, 0.1) is 11.8 Å². The van der Waals surface area contributed by atoms with Gasteiger partial charge in [0.05, 0.1) is 0 Å². The zero-order valence-electron chi connectivity index (χ0n) is 24.7. The molecule has 5 aromatic carbocycles. The van der Waals surface area contributed by atoms with Gasteiger partial charge in [-0.2, -0.15) is 0 Å². The van der Waals surface area contributed by atoms with Crippen molar-refractivity contribution in [2.75, 3.05) is 0 Å². The molecule has 208 valence electrons. The normalized spacial score (nSPS) is 21.0. The molecule has 3 atom stereocenters. The van der Waals surface area contributed by atoms with Gasteiger partial charge in [-0.1, -0.05) is 147 Å². The molecule has 0 heterocycles. The molecule has 5 aromatic rings. The average Bonchev–Trinajstić information content (AvgIpc) is 3.31. The maximum atomic E-state index is 6.08. The fourth-order valence-corrected chi connectivity index (χ4v) is 7.68. The summed E-state index contributed by atoms with van der Waals surface area (Å²) >= 11 is 6.08. The highest BCUT2D eigenvalue weighted by atomic mass is 35.5. The van der Waals surface area contributed by atoms with E-state index in [4.69, 9.17) is 11.6 Å². The number of hydrogen-bond acceptors (Lipinski definition) is 0. The summed E-state index contributed by atoms with van der Waals surface area (Å²) < 4.78 is 0. The average molecular weight is 565 g/mol. The van der Waals surface area contributed by atoms with Crippen LogP contribution in [0.15, 0.2) is 127 Å². The Morgan fingerprint density at radius 2 is 1.17 bits per heavy atom. The van der Waals surface area contributed by atoms with Crippen molar-refractivity contribution < 1.29 is 0 Å². The summed E-state index contributed by atoms with van der Waals surface area (Å²) in [4.78, 5) is 0. The summed E-state index contributed by atoms with van der Waals surface area (Å²) in [5.41, 5.74) is 14.6. The van der Waals surface area contributed by atoms with Crippen LogP contribution in [0.25, 0.3) is 44.5 Å². The maximum Gasteiger partial charge on any atom is 0.0406 e. The van der Waals surface area contributed by atoms with Crippen LogP contribution in [-0.2, 0) is 5.41 Å². The van der Waals surface area contributed by atoms with Crippen LogP contribution in [0.3, 0.4) is 0 Å². The predicted molar refractivity (Wildman–Crippen MR) is 180 cm³/mol. The van der Waals surface area contributed by atoms with E-state index < -0.39 is 0 Å². The van der Waals surface area contributed by atoms with E-state index in [-0.39, 0.29) is 5.41 Å². The molecule has 0 aliphatic heterocycles. The van der Waals surface area contributed by atoms with Gasteiger partial charge < -0.3 is 0 Å². The molecular formula is C41H37Cl. The minimum Gasteiger partial charge on any atom is -0.0843 e. The largest absolute Gasteiger partial charge is 0.0843 e. The van der Waals surface area contributed by atoms with E-state index in [1.807, 2.05) is 12.1 Å². The second-order valence-corrected chi connectivity index (χ2v) is 12.9. The van der Waals surface area contributed by atoms with Crippen LogP contribution >= 0.6 is 11.6 Å². The van der Waals surface area contributed by atoms with E-state index in [1.165, 1.54) is 74.9 Å². The molecule has 0 radical (unpaired) electrons. The zero-order valence-corrected chi connectivity index (χ0v) is 25.5. The summed E-state index contributed by atoms with van der Waals surface area (Å²) in [6.45, 7) is 7.24. The Balaban J connectivity index is 1.26. The maximum absolute atomic E-state index is 6.08. The molecule has 7 rings (SSSR count). The Kier molecular flexibility index (Phi) is 6.91. The summed E-state index contributed by atoms with van der Waals surface area (Å²) in [5, 5.41) is 0.762. The topological polar surface area (TPSA) is 0 Å². The Morgan fingerprint density at radius 1 is 0.643 bits per heavy atom. The van der Waals surface area contributed by atoms with Gasteiger partial charge >= 0.3 is 0 Å². The fourth-order valence-electron chi connectivity index (χ4n) is 7.55. The molecule has 3 unspecified atom stereocenters.